The van der Waals surface area contributed by atoms with Gasteiger partial charge in [0.15, 0.2) is 0 Å². The lowest BCUT2D eigenvalue weighted by Gasteiger charge is -2.19. The number of halogens is 1. The normalized spacial score (nSPS) is 10.5. The Balaban J connectivity index is 4.23. The summed E-state index contributed by atoms with van der Waals surface area (Å²) in [5, 5.41) is 15.9. The molecule has 0 saturated heterocycles. The summed E-state index contributed by atoms with van der Waals surface area (Å²) < 4.78 is 19.9. The van der Waals surface area contributed by atoms with E-state index in [9.17, 15) is 14.0 Å². The first-order chi connectivity index (χ1) is 5.39. The van der Waals surface area contributed by atoms with E-state index in [1.807, 2.05) is 0 Å². The van der Waals surface area contributed by atoms with Crippen LogP contribution in [-0.2, 0) is 9.47 Å². The third-order valence-corrected chi connectivity index (χ3v) is 0.902. The van der Waals surface area contributed by atoms with Gasteiger partial charge in [0.25, 0.3) is 0 Å². The fourth-order valence-corrected chi connectivity index (χ4v) is 0.426. The summed E-state index contributed by atoms with van der Waals surface area (Å²) in [7, 11) is 0. The fourth-order valence-electron chi connectivity index (χ4n) is 0.426. The summed E-state index contributed by atoms with van der Waals surface area (Å²) in [5.41, 5.74) is 0. The first kappa shape index (κ1) is 10.5. The van der Waals surface area contributed by atoms with E-state index in [4.69, 9.17) is 10.2 Å². The highest BCUT2D eigenvalue weighted by molar-refractivity contribution is 5.59. The van der Waals surface area contributed by atoms with Crippen LogP contribution < -0.4 is 0 Å². The Morgan fingerprint density at radius 3 is 1.83 bits per heavy atom. The summed E-state index contributed by atoms with van der Waals surface area (Å²) >= 11 is 0. The van der Waals surface area contributed by atoms with E-state index < -0.39 is 24.8 Å². The predicted octanol–water partition coefficient (Wildman–Crippen LogP) is 1.41. The average Bonchev–Trinajstić information content (AvgIpc) is 1.83. The van der Waals surface area contributed by atoms with E-state index in [0.29, 0.717) is 0 Å². The molecule has 0 aliphatic heterocycles. The monoisotopic (exact) mass is 182 g/mol. The van der Waals surface area contributed by atoms with Crippen LogP contribution in [-0.4, -0.2) is 28.6 Å². The molecule has 0 bridgehead atoms. The van der Waals surface area contributed by atoms with Crippen LogP contribution >= 0.6 is 0 Å². The highest BCUT2D eigenvalue weighted by Gasteiger charge is 2.37. The van der Waals surface area contributed by atoms with Crippen LogP contribution in [0.2, 0.25) is 0 Å². The fraction of sp³-hybridized carbons (Fsp3) is 0.600. The van der Waals surface area contributed by atoms with Crippen molar-refractivity contribution in [3.63, 3.8) is 0 Å². The number of ether oxygens (including phenoxy) is 2. The lowest BCUT2D eigenvalue weighted by molar-refractivity contribution is -0.266. The number of hydrogen-bond donors (Lipinski definition) is 2. The minimum Gasteiger partial charge on any atom is -0.450 e. The molecule has 0 aliphatic rings. The van der Waals surface area contributed by atoms with Gasteiger partial charge in [0.05, 0.1) is 6.42 Å². The summed E-state index contributed by atoms with van der Waals surface area (Å²) in [5.74, 6) is 0. The van der Waals surface area contributed by atoms with Gasteiger partial charge in [-0.3, -0.25) is 0 Å². The second kappa shape index (κ2) is 3.74. The molecule has 0 rings (SSSR count). The molecule has 0 saturated carbocycles. The molecule has 0 unspecified atom stereocenters. The standard InChI is InChI=1S/C5H7FO6/c1-2-5(6,11-3(7)8)12-4(9)10/h2H2,1H3,(H,7,8)(H,9,10). The largest absolute Gasteiger partial charge is 0.511 e. The van der Waals surface area contributed by atoms with Gasteiger partial charge in [-0.2, -0.15) is 4.39 Å². The lowest BCUT2D eigenvalue weighted by Crippen LogP contribution is -2.34. The third kappa shape index (κ3) is 3.59. The van der Waals surface area contributed by atoms with Crippen molar-refractivity contribution < 1.29 is 33.7 Å². The average molecular weight is 182 g/mol. The van der Waals surface area contributed by atoms with Crippen molar-refractivity contribution in [2.24, 2.45) is 0 Å². The molecule has 0 spiro atoms. The van der Waals surface area contributed by atoms with Crippen LogP contribution in [0.3, 0.4) is 0 Å². The SMILES string of the molecule is CCC(F)(OC(=O)O)OC(=O)O. The molecule has 7 heteroatoms. The van der Waals surface area contributed by atoms with Crippen molar-refractivity contribution in [3.8, 4) is 0 Å². The van der Waals surface area contributed by atoms with Crippen molar-refractivity contribution >= 4 is 12.3 Å². The molecule has 12 heavy (non-hydrogen) atoms. The highest BCUT2D eigenvalue weighted by atomic mass is 19.2. The molecule has 0 radical (unpaired) electrons. The van der Waals surface area contributed by atoms with E-state index in [2.05, 4.69) is 9.47 Å². The summed E-state index contributed by atoms with van der Waals surface area (Å²) in [4.78, 5) is 19.6. The smallest absolute Gasteiger partial charge is 0.450 e. The third-order valence-electron chi connectivity index (χ3n) is 0.902. The second-order valence-electron chi connectivity index (χ2n) is 1.75. The number of rotatable bonds is 3. The van der Waals surface area contributed by atoms with Gasteiger partial charge in [0, 0.05) is 0 Å². The summed E-state index contributed by atoms with van der Waals surface area (Å²) in [6.45, 7) is 1.17. The van der Waals surface area contributed by atoms with E-state index in [1.165, 1.54) is 6.92 Å². The first-order valence-electron chi connectivity index (χ1n) is 2.92. The zero-order valence-corrected chi connectivity index (χ0v) is 6.11. The Labute approximate surface area is 66.5 Å². The summed E-state index contributed by atoms with van der Waals surface area (Å²) in [6.07, 6.45) is -4.44. The van der Waals surface area contributed by atoms with Gasteiger partial charge < -0.3 is 19.7 Å². The van der Waals surface area contributed by atoms with Crippen LogP contribution in [0.1, 0.15) is 13.3 Å². The molecular weight excluding hydrogens is 175 g/mol. The maximum atomic E-state index is 12.8. The zero-order chi connectivity index (χ0) is 9.78. The van der Waals surface area contributed by atoms with E-state index in [-0.39, 0.29) is 0 Å². The Kier molecular flexibility index (Phi) is 3.27. The topological polar surface area (TPSA) is 93.1 Å². The van der Waals surface area contributed by atoms with Crippen molar-refractivity contribution in [1.82, 2.24) is 0 Å². The zero-order valence-electron chi connectivity index (χ0n) is 6.11. The van der Waals surface area contributed by atoms with Crippen molar-refractivity contribution in [2.45, 2.75) is 19.4 Å². The molecule has 0 aromatic heterocycles. The van der Waals surface area contributed by atoms with Crippen molar-refractivity contribution in [2.75, 3.05) is 0 Å². The Morgan fingerprint density at radius 2 is 1.67 bits per heavy atom. The van der Waals surface area contributed by atoms with Crippen molar-refractivity contribution in [3.05, 3.63) is 0 Å². The molecule has 0 fully saturated rings. The first-order valence-corrected chi connectivity index (χ1v) is 2.92. The molecule has 0 aromatic carbocycles. The molecule has 70 valence electrons. The molecule has 0 aliphatic carbocycles. The maximum Gasteiger partial charge on any atom is 0.511 e. The van der Waals surface area contributed by atoms with Crippen LogP contribution in [0.4, 0.5) is 14.0 Å². The van der Waals surface area contributed by atoms with Gasteiger partial charge in [-0.15, -0.1) is 0 Å². The quantitative estimate of drug-likeness (QED) is 0.506. The number of alkyl halides is 1. The number of carboxylic acid groups (broad SMARTS) is 2. The van der Waals surface area contributed by atoms with Crippen LogP contribution in [0.25, 0.3) is 0 Å². The minimum atomic E-state index is -3.11. The van der Waals surface area contributed by atoms with E-state index >= 15 is 0 Å². The Hall–Kier alpha value is -1.53. The Morgan fingerprint density at radius 1 is 1.33 bits per heavy atom. The van der Waals surface area contributed by atoms with Gasteiger partial charge >= 0.3 is 18.4 Å². The summed E-state index contributed by atoms with van der Waals surface area (Å²) in [6, 6.07) is -3.11. The van der Waals surface area contributed by atoms with E-state index in [0.717, 1.165) is 0 Å². The van der Waals surface area contributed by atoms with Crippen LogP contribution in [0, 0.1) is 0 Å². The van der Waals surface area contributed by atoms with Gasteiger partial charge in [-0.05, 0) is 0 Å². The van der Waals surface area contributed by atoms with Gasteiger partial charge in [0.1, 0.15) is 0 Å². The predicted molar refractivity (Wildman–Crippen MR) is 32.3 cm³/mol. The molecular formula is C5H7FO6. The van der Waals surface area contributed by atoms with E-state index in [1.54, 1.807) is 0 Å². The van der Waals surface area contributed by atoms with Gasteiger partial charge in [-0.25, -0.2) is 9.59 Å². The van der Waals surface area contributed by atoms with Gasteiger partial charge in [0.2, 0.25) is 0 Å². The lowest BCUT2D eigenvalue weighted by atomic mass is 10.4. The highest BCUT2D eigenvalue weighted by Crippen LogP contribution is 2.19. The Bertz CT molecular complexity index is 174. The van der Waals surface area contributed by atoms with Crippen LogP contribution in [0.15, 0.2) is 0 Å². The minimum absolute atomic E-state index is 0.550. The van der Waals surface area contributed by atoms with Gasteiger partial charge in [-0.1, -0.05) is 6.92 Å². The molecule has 0 amide bonds. The molecule has 0 heterocycles. The molecule has 0 aromatic rings. The number of carbonyl (C=O) groups is 2. The molecule has 0 atom stereocenters. The van der Waals surface area contributed by atoms with Crippen LogP contribution in [0.5, 0.6) is 0 Å². The maximum absolute atomic E-state index is 12.8. The molecule has 6 nitrogen and oxygen atoms in total. The molecule has 2 N–H and O–H groups in total. The van der Waals surface area contributed by atoms with Crippen molar-refractivity contribution in [1.29, 1.82) is 0 Å². The second-order valence-corrected chi connectivity index (χ2v) is 1.75. The number of hydrogen-bond acceptors (Lipinski definition) is 4.